The highest BCUT2D eigenvalue weighted by Crippen LogP contribution is 2.48. The third-order valence-corrected chi connectivity index (χ3v) is 10.5. The Morgan fingerprint density at radius 1 is 0.438 bits per heavy atom. The van der Waals surface area contributed by atoms with Gasteiger partial charge in [-0.25, -0.2) is 9.97 Å². The van der Waals surface area contributed by atoms with Gasteiger partial charge in [0.15, 0.2) is 0 Å². The molecule has 0 unspecified atom stereocenters. The van der Waals surface area contributed by atoms with E-state index in [0.717, 1.165) is 60.0 Å². The van der Waals surface area contributed by atoms with Gasteiger partial charge in [-0.05, 0) is 109 Å². The van der Waals surface area contributed by atoms with Crippen LogP contribution in [0.4, 0.5) is 0 Å². The number of ether oxygens (including phenoxy) is 1. The van der Waals surface area contributed by atoms with E-state index in [0.29, 0.717) is 0 Å². The van der Waals surface area contributed by atoms with Crippen molar-refractivity contribution in [1.82, 2.24) is 9.97 Å². The van der Waals surface area contributed by atoms with E-state index >= 15 is 0 Å². The van der Waals surface area contributed by atoms with Crippen LogP contribution in [0.3, 0.4) is 0 Å². The first-order valence-corrected chi connectivity index (χ1v) is 16.9. The van der Waals surface area contributed by atoms with E-state index in [-0.39, 0.29) is 0 Å². The zero-order valence-corrected chi connectivity index (χ0v) is 26.5. The van der Waals surface area contributed by atoms with Crippen LogP contribution >= 0.6 is 11.8 Å². The molecule has 0 N–H and O–H groups in total. The Morgan fingerprint density at radius 3 is 1.85 bits per heavy atom. The van der Waals surface area contributed by atoms with Gasteiger partial charge in [0.05, 0.1) is 15.3 Å². The molecule has 8 aromatic carbocycles. The first-order valence-electron chi connectivity index (χ1n) is 16.0. The molecule has 0 atom stereocenters. The highest BCUT2D eigenvalue weighted by atomic mass is 32.2. The van der Waals surface area contributed by atoms with Crippen molar-refractivity contribution in [2.24, 2.45) is 0 Å². The van der Waals surface area contributed by atoms with Gasteiger partial charge in [0.2, 0.25) is 0 Å². The normalized spacial score (nSPS) is 12.2. The molecule has 0 amide bonds. The SMILES string of the molecule is c1ccc2c(c1)Oc1ccc(-c3cc(-c4ccc5c6ccccc6c6ccccc6c5c4)cc(-c4cccc5cncnc45)c3)cc1S2. The third-order valence-electron chi connectivity index (χ3n) is 9.42. The van der Waals surface area contributed by atoms with Crippen LogP contribution in [0.15, 0.2) is 168 Å². The molecule has 9 aromatic rings. The Morgan fingerprint density at radius 2 is 1.06 bits per heavy atom. The van der Waals surface area contributed by atoms with E-state index in [2.05, 4.69) is 138 Å². The number of aromatic nitrogens is 2. The number of rotatable bonds is 3. The summed E-state index contributed by atoms with van der Waals surface area (Å²) in [6.07, 6.45) is 3.52. The number of para-hydroxylation sites is 2. The Hall–Kier alpha value is -5.97. The summed E-state index contributed by atoms with van der Waals surface area (Å²) in [5.74, 6) is 1.79. The van der Waals surface area contributed by atoms with E-state index in [1.807, 2.05) is 18.3 Å². The molecule has 2 heterocycles. The Labute approximate surface area is 281 Å². The van der Waals surface area contributed by atoms with Crippen molar-refractivity contribution in [1.29, 1.82) is 0 Å². The molecular formula is C44H26N2OS. The average molecular weight is 631 g/mol. The van der Waals surface area contributed by atoms with E-state index in [1.54, 1.807) is 18.1 Å². The zero-order valence-electron chi connectivity index (χ0n) is 25.7. The van der Waals surface area contributed by atoms with Gasteiger partial charge in [-0.1, -0.05) is 109 Å². The zero-order chi connectivity index (χ0) is 31.6. The highest BCUT2D eigenvalue weighted by Gasteiger charge is 2.19. The van der Waals surface area contributed by atoms with E-state index in [9.17, 15) is 0 Å². The number of hydrogen-bond donors (Lipinski definition) is 0. The van der Waals surface area contributed by atoms with Gasteiger partial charge in [0.25, 0.3) is 0 Å². The molecule has 0 spiro atoms. The number of fused-ring (bicyclic) bond motifs is 9. The molecule has 0 aliphatic carbocycles. The maximum absolute atomic E-state index is 6.27. The Balaban J connectivity index is 1.20. The van der Waals surface area contributed by atoms with Crippen molar-refractivity contribution in [2.45, 2.75) is 9.79 Å². The van der Waals surface area contributed by atoms with Crippen LogP contribution in [-0.4, -0.2) is 9.97 Å². The molecule has 0 saturated carbocycles. The lowest BCUT2D eigenvalue weighted by Gasteiger charge is -2.20. The molecule has 1 aliphatic rings. The number of nitrogens with zero attached hydrogens (tertiary/aromatic N) is 2. The molecule has 0 saturated heterocycles. The fourth-order valence-electron chi connectivity index (χ4n) is 7.16. The van der Waals surface area contributed by atoms with Crippen molar-refractivity contribution < 1.29 is 4.74 Å². The van der Waals surface area contributed by atoms with Gasteiger partial charge in [0.1, 0.15) is 17.8 Å². The summed E-state index contributed by atoms with van der Waals surface area (Å²) in [5.41, 5.74) is 7.74. The van der Waals surface area contributed by atoms with Crippen molar-refractivity contribution in [3.05, 3.63) is 158 Å². The molecule has 4 heteroatoms. The Kier molecular flexibility index (Phi) is 6.11. The van der Waals surface area contributed by atoms with E-state index in [4.69, 9.17) is 9.72 Å². The van der Waals surface area contributed by atoms with Crippen molar-refractivity contribution in [3.8, 4) is 44.9 Å². The smallest absolute Gasteiger partial charge is 0.141 e. The molecular weight excluding hydrogens is 605 g/mol. The van der Waals surface area contributed by atoms with Gasteiger partial charge < -0.3 is 4.74 Å². The summed E-state index contributed by atoms with van der Waals surface area (Å²) in [6.45, 7) is 0. The second-order valence-corrected chi connectivity index (χ2v) is 13.3. The molecule has 224 valence electrons. The first-order chi connectivity index (χ1) is 23.8. The van der Waals surface area contributed by atoms with Crippen molar-refractivity contribution in [3.63, 3.8) is 0 Å². The second-order valence-electron chi connectivity index (χ2n) is 12.2. The molecule has 1 aliphatic heterocycles. The largest absolute Gasteiger partial charge is 0.455 e. The van der Waals surface area contributed by atoms with Crippen LogP contribution in [-0.2, 0) is 0 Å². The minimum Gasteiger partial charge on any atom is -0.455 e. The second kappa shape index (κ2) is 10.8. The first kappa shape index (κ1) is 27.2. The Bertz CT molecular complexity index is 2710. The van der Waals surface area contributed by atoms with E-state index < -0.39 is 0 Å². The standard InChI is InChI=1S/C44H26N2OS/c1-2-11-36-34(9-1)35-10-3-4-12-37(35)39-23-27(16-18-38(36)39)30-20-31(22-32(21-30)33-13-7-8-29-25-45-26-46-44(29)33)28-17-19-41-43(24-28)48-42-15-6-5-14-40(42)47-41/h1-26H. The quantitative estimate of drug-likeness (QED) is 0.182. The van der Waals surface area contributed by atoms with Crippen LogP contribution in [0.5, 0.6) is 11.5 Å². The summed E-state index contributed by atoms with van der Waals surface area (Å²) in [6, 6.07) is 52.4. The lowest BCUT2D eigenvalue weighted by atomic mass is 9.89. The highest BCUT2D eigenvalue weighted by molar-refractivity contribution is 7.99. The van der Waals surface area contributed by atoms with Crippen LogP contribution in [0.1, 0.15) is 0 Å². The minimum absolute atomic E-state index is 0.887. The molecule has 0 radical (unpaired) electrons. The molecule has 1 aromatic heterocycles. The summed E-state index contributed by atoms with van der Waals surface area (Å²) < 4.78 is 6.27. The van der Waals surface area contributed by atoms with Crippen molar-refractivity contribution in [2.75, 3.05) is 0 Å². The summed E-state index contributed by atoms with van der Waals surface area (Å²) in [7, 11) is 0. The molecule has 0 bridgehead atoms. The molecule has 3 nitrogen and oxygen atoms in total. The van der Waals surface area contributed by atoms with Crippen LogP contribution in [0.2, 0.25) is 0 Å². The van der Waals surface area contributed by atoms with Crippen LogP contribution < -0.4 is 4.74 Å². The predicted octanol–water partition coefficient (Wildman–Crippen LogP) is 12.3. The van der Waals surface area contributed by atoms with Crippen LogP contribution in [0.25, 0.3) is 76.6 Å². The predicted molar refractivity (Wildman–Crippen MR) is 199 cm³/mol. The van der Waals surface area contributed by atoms with Gasteiger partial charge in [0, 0.05) is 17.1 Å². The van der Waals surface area contributed by atoms with Crippen LogP contribution in [0, 0.1) is 0 Å². The number of hydrogen-bond acceptors (Lipinski definition) is 4. The molecule has 48 heavy (non-hydrogen) atoms. The van der Waals surface area contributed by atoms with Crippen molar-refractivity contribution >= 4 is 55.0 Å². The van der Waals surface area contributed by atoms with Gasteiger partial charge in [-0.3, -0.25) is 0 Å². The average Bonchev–Trinajstić information content (AvgIpc) is 3.16. The molecule has 10 rings (SSSR count). The number of benzene rings is 8. The third kappa shape index (κ3) is 4.38. The summed E-state index contributed by atoms with van der Waals surface area (Å²) >= 11 is 1.76. The van der Waals surface area contributed by atoms with Gasteiger partial charge in [-0.2, -0.15) is 0 Å². The lowest BCUT2D eigenvalue weighted by molar-refractivity contribution is 0.454. The van der Waals surface area contributed by atoms with Gasteiger partial charge in [-0.15, -0.1) is 0 Å². The fourth-order valence-corrected chi connectivity index (χ4v) is 8.15. The maximum atomic E-state index is 6.27. The maximum Gasteiger partial charge on any atom is 0.141 e. The van der Waals surface area contributed by atoms with E-state index in [1.165, 1.54) is 37.9 Å². The summed E-state index contributed by atoms with van der Waals surface area (Å²) in [5, 5.41) is 8.65. The van der Waals surface area contributed by atoms with Gasteiger partial charge >= 0.3 is 0 Å². The minimum atomic E-state index is 0.887. The monoisotopic (exact) mass is 630 g/mol. The lowest BCUT2D eigenvalue weighted by Crippen LogP contribution is -1.95. The summed E-state index contributed by atoms with van der Waals surface area (Å²) in [4.78, 5) is 11.2. The fraction of sp³-hybridized carbons (Fsp3) is 0. The molecule has 0 fully saturated rings. The topological polar surface area (TPSA) is 35.0 Å².